The zero-order valence-corrected chi connectivity index (χ0v) is 18.1. The summed E-state index contributed by atoms with van der Waals surface area (Å²) in [4.78, 5) is 25.9. The van der Waals surface area contributed by atoms with Gasteiger partial charge in [0.25, 0.3) is 5.91 Å². The Kier molecular flexibility index (Phi) is 7.29. The van der Waals surface area contributed by atoms with Crippen LogP contribution < -0.4 is 5.32 Å². The molecule has 0 fully saturated rings. The van der Waals surface area contributed by atoms with E-state index in [0.717, 1.165) is 22.3 Å². The Morgan fingerprint density at radius 2 is 0.939 bits per heavy atom. The number of hydrogen-bond acceptors (Lipinski definition) is 3. The van der Waals surface area contributed by atoms with Crippen LogP contribution >= 0.6 is 0 Å². The van der Waals surface area contributed by atoms with E-state index in [0.29, 0.717) is 0 Å². The van der Waals surface area contributed by atoms with Crippen molar-refractivity contribution in [3.8, 4) is 0 Å². The van der Waals surface area contributed by atoms with Crippen molar-refractivity contribution in [2.45, 2.75) is 12.0 Å². The fourth-order valence-corrected chi connectivity index (χ4v) is 3.83. The molecule has 0 radical (unpaired) electrons. The summed E-state index contributed by atoms with van der Waals surface area (Å²) in [5, 5.41) is 3.01. The molecule has 0 spiro atoms. The van der Waals surface area contributed by atoms with Crippen LogP contribution in [0, 0.1) is 0 Å². The summed E-state index contributed by atoms with van der Waals surface area (Å²) in [6.07, 6.45) is 0. The monoisotopic (exact) mass is 435 g/mol. The van der Waals surface area contributed by atoms with Crippen molar-refractivity contribution in [2.75, 3.05) is 6.61 Å². The van der Waals surface area contributed by atoms with Crippen LogP contribution in [0.2, 0.25) is 0 Å². The topological polar surface area (TPSA) is 55.4 Å². The first-order chi connectivity index (χ1) is 16.2. The molecule has 0 atom stereocenters. The van der Waals surface area contributed by atoms with Gasteiger partial charge in [-0.15, -0.1) is 0 Å². The molecule has 33 heavy (non-hydrogen) atoms. The molecule has 1 N–H and O–H groups in total. The molecule has 164 valence electrons. The Morgan fingerprint density at radius 1 is 0.576 bits per heavy atom. The summed E-state index contributed by atoms with van der Waals surface area (Å²) in [6, 6.07) is 38.0. The molecular formula is C29H25NO3. The van der Waals surface area contributed by atoms with E-state index in [9.17, 15) is 9.59 Å². The fraction of sp³-hybridized carbons (Fsp3) is 0.103. The van der Waals surface area contributed by atoms with E-state index >= 15 is 0 Å². The van der Waals surface area contributed by atoms with Crippen LogP contribution in [-0.2, 0) is 14.3 Å². The number of benzene rings is 4. The van der Waals surface area contributed by atoms with E-state index in [1.165, 1.54) is 0 Å². The van der Waals surface area contributed by atoms with Gasteiger partial charge in [0.1, 0.15) is 5.92 Å². The second-order valence-corrected chi connectivity index (χ2v) is 7.68. The molecule has 0 aliphatic heterocycles. The van der Waals surface area contributed by atoms with E-state index in [1.54, 1.807) is 0 Å². The van der Waals surface area contributed by atoms with Crippen LogP contribution in [0.15, 0.2) is 121 Å². The quantitative estimate of drug-likeness (QED) is 0.384. The van der Waals surface area contributed by atoms with Crippen molar-refractivity contribution in [1.82, 2.24) is 5.32 Å². The molecular weight excluding hydrogens is 410 g/mol. The van der Waals surface area contributed by atoms with Crippen molar-refractivity contribution in [3.63, 3.8) is 0 Å². The highest BCUT2D eigenvalue weighted by molar-refractivity contribution is 5.86. The standard InChI is InChI=1S/C29H25NO3/c31-26(30-28(24-17-9-3-10-18-24)25-19-11-4-12-20-25)21-33-29(32)27(22-13-5-1-6-14-22)23-15-7-2-8-16-23/h1-20,27-28H,21H2,(H,30,31). The van der Waals surface area contributed by atoms with Crippen molar-refractivity contribution >= 4 is 11.9 Å². The number of hydrogen-bond donors (Lipinski definition) is 1. The number of amides is 1. The predicted molar refractivity (Wildman–Crippen MR) is 129 cm³/mol. The Hall–Kier alpha value is -4.18. The van der Waals surface area contributed by atoms with Crippen LogP contribution in [0.4, 0.5) is 0 Å². The average molecular weight is 436 g/mol. The minimum Gasteiger partial charge on any atom is -0.455 e. The number of ether oxygens (including phenoxy) is 1. The van der Waals surface area contributed by atoms with Crippen molar-refractivity contribution in [1.29, 1.82) is 0 Å². The Balaban J connectivity index is 1.48. The van der Waals surface area contributed by atoms with Gasteiger partial charge < -0.3 is 10.1 Å². The Labute approximate surface area is 193 Å². The largest absolute Gasteiger partial charge is 0.455 e. The molecule has 0 unspecified atom stereocenters. The van der Waals surface area contributed by atoms with Crippen LogP contribution in [-0.4, -0.2) is 18.5 Å². The molecule has 0 saturated heterocycles. The van der Waals surface area contributed by atoms with Crippen molar-refractivity contribution < 1.29 is 14.3 Å². The summed E-state index contributed by atoms with van der Waals surface area (Å²) in [6.45, 7) is -0.356. The van der Waals surface area contributed by atoms with Gasteiger partial charge in [0, 0.05) is 0 Å². The van der Waals surface area contributed by atoms with Crippen LogP contribution in [0.25, 0.3) is 0 Å². The zero-order chi connectivity index (χ0) is 22.9. The summed E-state index contributed by atoms with van der Waals surface area (Å²) in [5.41, 5.74) is 3.55. The lowest BCUT2D eigenvalue weighted by molar-refractivity contribution is -0.149. The van der Waals surface area contributed by atoms with Crippen LogP contribution in [0.5, 0.6) is 0 Å². The summed E-state index contributed by atoms with van der Waals surface area (Å²) in [7, 11) is 0. The van der Waals surface area contributed by atoms with Crippen LogP contribution in [0.1, 0.15) is 34.2 Å². The van der Waals surface area contributed by atoms with Gasteiger partial charge in [0.2, 0.25) is 0 Å². The third-order valence-electron chi connectivity index (χ3n) is 5.42. The fourth-order valence-electron chi connectivity index (χ4n) is 3.83. The molecule has 0 bridgehead atoms. The lowest BCUT2D eigenvalue weighted by atomic mass is 9.91. The molecule has 4 nitrogen and oxygen atoms in total. The Bertz CT molecular complexity index is 1080. The molecule has 0 aromatic heterocycles. The van der Waals surface area contributed by atoms with Crippen molar-refractivity contribution in [2.24, 2.45) is 0 Å². The lowest BCUT2D eigenvalue weighted by Crippen LogP contribution is -2.33. The summed E-state index contributed by atoms with van der Waals surface area (Å²) >= 11 is 0. The van der Waals surface area contributed by atoms with Gasteiger partial charge in [0.15, 0.2) is 6.61 Å². The SMILES string of the molecule is O=C(COC(=O)C(c1ccccc1)c1ccccc1)NC(c1ccccc1)c1ccccc1. The molecule has 1 amide bonds. The van der Waals surface area contributed by atoms with E-state index in [2.05, 4.69) is 5.32 Å². The average Bonchev–Trinajstić information content (AvgIpc) is 2.88. The number of rotatable bonds is 8. The highest BCUT2D eigenvalue weighted by Crippen LogP contribution is 2.26. The lowest BCUT2D eigenvalue weighted by Gasteiger charge is -2.21. The minimum atomic E-state index is -0.598. The van der Waals surface area contributed by atoms with Crippen molar-refractivity contribution in [3.05, 3.63) is 144 Å². The summed E-state index contributed by atoms with van der Waals surface area (Å²) in [5.74, 6) is -1.42. The third kappa shape index (κ3) is 5.74. The van der Waals surface area contributed by atoms with Crippen LogP contribution in [0.3, 0.4) is 0 Å². The maximum atomic E-state index is 13.1. The molecule has 4 rings (SSSR count). The molecule has 0 aliphatic rings. The third-order valence-corrected chi connectivity index (χ3v) is 5.42. The molecule has 0 saturated carbocycles. The first kappa shape index (κ1) is 22.0. The maximum Gasteiger partial charge on any atom is 0.318 e. The number of carbonyl (C=O) groups is 2. The number of esters is 1. The zero-order valence-electron chi connectivity index (χ0n) is 18.1. The Morgan fingerprint density at radius 3 is 1.33 bits per heavy atom. The second kappa shape index (κ2) is 10.9. The number of carbonyl (C=O) groups excluding carboxylic acids is 2. The number of nitrogens with one attached hydrogen (secondary N) is 1. The molecule has 4 aromatic rings. The molecule has 0 heterocycles. The first-order valence-corrected chi connectivity index (χ1v) is 10.9. The van der Waals surface area contributed by atoms with E-state index < -0.39 is 11.9 Å². The molecule has 4 aromatic carbocycles. The van der Waals surface area contributed by atoms with Gasteiger partial charge in [-0.05, 0) is 22.3 Å². The van der Waals surface area contributed by atoms with Gasteiger partial charge >= 0.3 is 5.97 Å². The second-order valence-electron chi connectivity index (χ2n) is 7.68. The molecule has 0 aliphatic carbocycles. The molecule has 4 heteroatoms. The van der Waals surface area contributed by atoms with Gasteiger partial charge in [0.05, 0.1) is 6.04 Å². The van der Waals surface area contributed by atoms with Gasteiger partial charge in [-0.3, -0.25) is 9.59 Å². The van der Waals surface area contributed by atoms with Gasteiger partial charge in [-0.1, -0.05) is 121 Å². The van der Waals surface area contributed by atoms with E-state index in [1.807, 2.05) is 121 Å². The van der Waals surface area contributed by atoms with E-state index in [4.69, 9.17) is 4.74 Å². The summed E-state index contributed by atoms with van der Waals surface area (Å²) < 4.78 is 5.50. The first-order valence-electron chi connectivity index (χ1n) is 10.9. The highest BCUT2D eigenvalue weighted by atomic mass is 16.5. The highest BCUT2D eigenvalue weighted by Gasteiger charge is 2.25. The normalized spacial score (nSPS) is 10.7. The van der Waals surface area contributed by atoms with Gasteiger partial charge in [-0.2, -0.15) is 0 Å². The van der Waals surface area contributed by atoms with E-state index in [-0.39, 0.29) is 18.6 Å². The smallest absolute Gasteiger partial charge is 0.318 e. The van der Waals surface area contributed by atoms with Gasteiger partial charge in [-0.25, -0.2) is 0 Å². The maximum absolute atomic E-state index is 13.1. The predicted octanol–water partition coefficient (Wildman–Crippen LogP) is 5.27. The minimum absolute atomic E-state index is 0.336.